The summed E-state index contributed by atoms with van der Waals surface area (Å²) in [6.07, 6.45) is -0.543. The molecule has 2 atom stereocenters. The van der Waals surface area contributed by atoms with Crippen LogP contribution in [0.3, 0.4) is 0 Å². The Morgan fingerprint density at radius 3 is 2.48 bits per heavy atom. The predicted molar refractivity (Wildman–Crippen MR) is 85.1 cm³/mol. The lowest BCUT2D eigenvalue weighted by Gasteiger charge is -2.34. The molecule has 0 bridgehead atoms. The van der Waals surface area contributed by atoms with Crippen molar-refractivity contribution in [1.82, 2.24) is 0 Å². The third-order valence-electron chi connectivity index (χ3n) is 4.56. The molecule has 0 aromatic heterocycles. The summed E-state index contributed by atoms with van der Waals surface area (Å²) in [7, 11) is 0. The Morgan fingerprint density at radius 2 is 1.87 bits per heavy atom. The summed E-state index contributed by atoms with van der Waals surface area (Å²) in [6, 6.07) is 15.4. The summed E-state index contributed by atoms with van der Waals surface area (Å²) in [5, 5.41) is 0. The number of ether oxygens (including phenoxy) is 1. The molecule has 23 heavy (non-hydrogen) atoms. The molecule has 2 heterocycles. The zero-order valence-corrected chi connectivity index (χ0v) is 12.4. The molecule has 116 valence electrons. The second-order valence-electron chi connectivity index (χ2n) is 5.90. The number of hydrogen-bond donors (Lipinski definition) is 1. The molecule has 5 nitrogen and oxygen atoms in total. The minimum atomic E-state index is -0.543. The highest BCUT2D eigenvalue weighted by Gasteiger charge is 2.37. The van der Waals surface area contributed by atoms with Crippen molar-refractivity contribution in [3.8, 4) is 0 Å². The second-order valence-corrected chi connectivity index (χ2v) is 5.90. The van der Waals surface area contributed by atoms with Crippen LogP contribution in [0.4, 0.5) is 5.69 Å². The van der Waals surface area contributed by atoms with E-state index in [2.05, 4.69) is 0 Å². The van der Waals surface area contributed by atoms with Crippen LogP contribution >= 0.6 is 0 Å². The normalized spacial score (nSPS) is 22.6. The zero-order chi connectivity index (χ0) is 16.0. The van der Waals surface area contributed by atoms with E-state index in [0.717, 1.165) is 22.4 Å². The molecular formula is C18H16N2O3. The smallest absolute Gasteiger partial charge is 0.258 e. The molecule has 5 heteroatoms. The van der Waals surface area contributed by atoms with Gasteiger partial charge in [0.1, 0.15) is 6.10 Å². The van der Waals surface area contributed by atoms with Crippen LogP contribution in [0.5, 0.6) is 0 Å². The second kappa shape index (κ2) is 5.21. The third-order valence-corrected chi connectivity index (χ3v) is 4.56. The van der Waals surface area contributed by atoms with Crippen molar-refractivity contribution in [2.45, 2.75) is 18.6 Å². The number of amides is 2. The molecule has 2 unspecified atom stereocenters. The van der Waals surface area contributed by atoms with Crippen molar-refractivity contribution in [3.05, 3.63) is 65.2 Å². The van der Waals surface area contributed by atoms with Gasteiger partial charge in [-0.3, -0.25) is 9.59 Å². The quantitative estimate of drug-likeness (QED) is 0.940. The van der Waals surface area contributed by atoms with Gasteiger partial charge in [0.25, 0.3) is 5.91 Å². The average molecular weight is 308 g/mol. The van der Waals surface area contributed by atoms with Gasteiger partial charge in [0.05, 0.1) is 13.2 Å². The van der Waals surface area contributed by atoms with Crippen LogP contribution in [0, 0.1) is 0 Å². The topological polar surface area (TPSA) is 72.6 Å². The Labute approximate surface area is 133 Å². The van der Waals surface area contributed by atoms with Crippen molar-refractivity contribution in [3.63, 3.8) is 0 Å². The highest BCUT2D eigenvalue weighted by Crippen LogP contribution is 2.33. The number of fused-ring (bicyclic) bond motifs is 1. The Balaban J connectivity index is 1.56. The number of carbonyl (C=O) groups is 2. The Morgan fingerprint density at radius 1 is 1.13 bits per heavy atom. The third kappa shape index (κ3) is 2.21. The van der Waals surface area contributed by atoms with Gasteiger partial charge in [0.2, 0.25) is 5.91 Å². The van der Waals surface area contributed by atoms with E-state index >= 15 is 0 Å². The Kier molecular flexibility index (Phi) is 3.16. The van der Waals surface area contributed by atoms with Crippen molar-refractivity contribution in [2.24, 2.45) is 5.73 Å². The number of carbonyl (C=O) groups excluding carboxylic acids is 2. The van der Waals surface area contributed by atoms with E-state index < -0.39 is 12.0 Å². The number of benzene rings is 2. The monoisotopic (exact) mass is 308 g/mol. The lowest BCUT2D eigenvalue weighted by atomic mass is 9.89. The lowest BCUT2D eigenvalue weighted by molar-refractivity contribution is -0.146. The average Bonchev–Trinajstić information content (AvgIpc) is 2.84. The lowest BCUT2D eigenvalue weighted by Crippen LogP contribution is -2.47. The molecule has 2 amide bonds. The van der Waals surface area contributed by atoms with E-state index in [1.54, 1.807) is 4.90 Å². The number of nitrogens with two attached hydrogens (primary N) is 1. The molecular weight excluding hydrogens is 292 g/mol. The standard InChI is InChI=1S/C18H16N2O3/c19-17(21)16-15(10-23-16)11-5-7-13(8-6-11)20-9-12-3-1-2-4-14(12)18(20)22/h1-8,15-16H,9-10H2,(H2,19,21). The fraction of sp³-hybridized carbons (Fsp3) is 0.222. The molecule has 2 aliphatic rings. The first kappa shape index (κ1) is 14.0. The molecule has 0 radical (unpaired) electrons. The fourth-order valence-electron chi connectivity index (χ4n) is 3.20. The first-order chi connectivity index (χ1) is 11.1. The first-order valence-electron chi connectivity index (χ1n) is 7.56. The summed E-state index contributed by atoms with van der Waals surface area (Å²) in [5.74, 6) is -0.404. The molecule has 4 rings (SSSR count). The van der Waals surface area contributed by atoms with E-state index in [1.165, 1.54) is 0 Å². The number of primary amides is 1. The minimum absolute atomic E-state index is 0.00743. The van der Waals surface area contributed by atoms with E-state index in [0.29, 0.717) is 13.2 Å². The van der Waals surface area contributed by atoms with Crippen LogP contribution in [0.1, 0.15) is 27.4 Å². The van der Waals surface area contributed by atoms with Gasteiger partial charge in [-0.05, 0) is 29.3 Å². The van der Waals surface area contributed by atoms with Gasteiger partial charge in [-0.1, -0.05) is 30.3 Å². The SMILES string of the molecule is NC(=O)C1OCC1c1ccc(N2Cc3ccccc3C2=O)cc1. The molecule has 2 aromatic rings. The van der Waals surface area contributed by atoms with Gasteiger partial charge in [0, 0.05) is 17.2 Å². The van der Waals surface area contributed by atoms with Crippen LogP contribution < -0.4 is 10.6 Å². The van der Waals surface area contributed by atoms with Crippen LogP contribution in [0.25, 0.3) is 0 Å². The highest BCUT2D eigenvalue weighted by atomic mass is 16.5. The molecule has 2 N–H and O–H groups in total. The minimum Gasteiger partial charge on any atom is -0.367 e. The van der Waals surface area contributed by atoms with E-state index in [-0.39, 0.29) is 11.8 Å². The first-order valence-corrected chi connectivity index (χ1v) is 7.56. The number of hydrogen-bond acceptors (Lipinski definition) is 3. The van der Waals surface area contributed by atoms with E-state index in [1.807, 2.05) is 48.5 Å². The van der Waals surface area contributed by atoms with E-state index in [4.69, 9.17) is 10.5 Å². The predicted octanol–water partition coefficient (Wildman–Crippen LogP) is 1.81. The molecule has 2 aliphatic heterocycles. The van der Waals surface area contributed by atoms with Gasteiger partial charge in [0.15, 0.2) is 0 Å². The van der Waals surface area contributed by atoms with Crippen molar-refractivity contribution >= 4 is 17.5 Å². The number of nitrogens with zero attached hydrogens (tertiary/aromatic N) is 1. The summed E-state index contributed by atoms with van der Waals surface area (Å²) in [6.45, 7) is 1.09. The van der Waals surface area contributed by atoms with Gasteiger partial charge in [-0.2, -0.15) is 0 Å². The summed E-state index contributed by atoms with van der Waals surface area (Å²) >= 11 is 0. The van der Waals surface area contributed by atoms with Gasteiger partial charge >= 0.3 is 0 Å². The Hall–Kier alpha value is -2.66. The van der Waals surface area contributed by atoms with Crippen molar-refractivity contribution in [2.75, 3.05) is 11.5 Å². The molecule has 0 spiro atoms. The van der Waals surface area contributed by atoms with Crippen LogP contribution in [0.15, 0.2) is 48.5 Å². The highest BCUT2D eigenvalue weighted by molar-refractivity contribution is 6.09. The van der Waals surface area contributed by atoms with Crippen LogP contribution in [0.2, 0.25) is 0 Å². The molecule has 2 aromatic carbocycles. The van der Waals surface area contributed by atoms with Crippen LogP contribution in [-0.2, 0) is 16.1 Å². The summed E-state index contributed by atoms with van der Waals surface area (Å²) < 4.78 is 5.21. The zero-order valence-electron chi connectivity index (χ0n) is 12.4. The summed E-state index contributed by atoms with van der Waals surface area (Å²) in [5.41, 5.74) is 8.97. The molecule has 0 saturated carbocycles. The maximum Gasteiger partial charge on any atom is 0.258 e. The maximum atomic E-state index is 12.5. The number of rotatable bonds is 3. The maximum absolute atomic E-state index is 12.5. The van der Waals surface area contributed by atoms with E-state index in [9.17, 15) is 9.59 Å². The Bertz CT molecular complexity index is 785. The molecule has 1 saturated heterocycles. The number of anilines is 1. The largest absolute Gasteiger partial charge is 0.367 e. The van der Waals surface area contributed by atoms with Gasteiger partial charge in [-0.15, -0.1) is 0 Å². The summed E-state index contributed by atoms with van der Waals surface area (Å²) in [4.78, 5) is 25.5. The van der Waals surface area contributed by atoms with Crippen LogP contribution in [-0.4, -0.2) is 24.5 Å². The molecule has 0 aliphatic carbocycles. The molecule has 1 fully saturated rings. The van der Waals surface area contributed by atoms with Crippen molar-refractivity contribution < 1.29 is 14.3 Å². The van der Waals surface area contributed by atoms with Gasteiger partial charge < -0.3 is 15.4 Å². The fourth-order valence-corrected chi connectivity index (χ4v) is 3.20. The van der Waals surface area contributed by atoms with Gasteiger partial charge in [-0.25, -0.2) is 0 Å². The van der Waals surface area contributed by atoms with Crippen molar-refractivity contribution in [1.29, 1.82) is 0 Å².